The third-order valence-electron chi connectivity index (χ3n) is 3.90. The van der Waals surface area contributed by atoms with Gasteiger partial charge in [-0.05, 0) is 23.3 Å². The number of allylic oxidation sites excluding steroid dienone is 4. The first kappa shape index (κ1) is 10.5. The maximum absolute atomic E-state index is 11.8. The second-order valence-electron chi connectivity index (χ2n) is 4.98. The standard InChI is InChI=1S/C16H16O/c17-14-10-13-8-4-5-9-15(13)16(11-14)12-6-2-1-3-7-12/h1-9,13,15-16H,10-11H2. The zero-order valence-corrected chi connectivity index (χ0v) is 9.75. The van der Waals surface area contributed by atoms with E-state index in [-0.39, 0.29) is 0 Å². The molecule has 1 saturated carbocycles. The van der Waals surface area contributed by atoms with Crippen LogP contribution < -0.4 is 0 Å². The molecular weight excluding hydrogens is 208 g/mol. The van der Waals surface area contributed by atoms with Gasteiger partial charge in [0.25, 0.3) is 0 Å². The van der Waals surface area contributed by atoms with E-state index in [1.165, 1.54) is 5.56 Å². The van der Waals surface area contributed by atoms with Gasteiger partial charge in [-0.2, -0.15) is 0 Å². The highest BCUT2D eigenvalue weighted by Crippen LogP contribution is 2.42. The molecule has 1 nitrogen and oxygen atoms in total. The third kappa shape index (κ3) is 1.97. The Labute approximate surface area is 102 Å². The lowest BCUT2D eigenvalue weighted by molar-refractivity contribution is -0.122. The van der Waals surface area contributed by atoms with E-state index in [1.54, 1.807) is 0 Å². The van der Waals surface area contributed by atoms with Crippen molar-refractivity contribution in [2.24, 2.45) is 11.8 Å². The van der Waals surface area contributed by atoms with Gasteiger partial charge in [0.15, 0.2) is 0 Å². The number of Topliss-reactive ketones (excluding diaryl/α,β-unsaturated/α-hetero) is 1. The molecular formula is C16H16O. The van der Waals surface area contributed by atoms with Crippen LogP contribution in [-0.4, -0.2) is 5.78 Å². The molecule has 86 valence electrons. The van der Waals surface area contributed by atoms with E-state index in [2.05, 4.69) is 48.6 Å². The first-order valence-electron chi connectivity index (χ1n) is 6.26. The number of carbonyl (C=O) groups excluding carboxylic acids is 1. The maximum Gasteiger partial charge on any atom is 0.134 e. The van der Waals surface area contributed by atoms with Gasteiger partial charge in [-0.3, -0.25) is 4.79 Å². The van der Waals surface area contributed by atoms with Gasteiger partial charge in [0.2, 0.25) is 0 Å². The average molecular weight is 224 g/mol. The monoisotopic (exact) mass is 224 g/mol. The number of rotatable bonds is 1. The average Bonchev–Trinajstić information content (AvgIpc) is 2.39. The van der Waals surface area contributed by atoms with Crippen LogP contribution in [0.4, 0.5) is 0 Å². The molecule has 2 aliphatic carbocycles. The number of benzene rings is 1. The predicted molar refractivity (Wildman–Crippen MR) is 68.7 cm³/mol. The SMILES string of the molecule is O=C1CC2C=CC=CC2C(c2ccccc2)C1. The minimum atomic E-state index is 0.364. The van der Waals surface area contributed by atoms with Crippen molar-refractivity contribution in [3.05, 3.63) is 60.2 Å². The summed E-state index contributed by atoms with van der Waals surface area (Å²) in [5.41, 5.74) is 1.30. The number of fused-ring (bicyclic) bond motifs is 1. The van der Waals surface area contributed by atoms with Crippen molar-refractivity contribution in [1.29, 1.82) is 0 Å². The Balaban J connectivity index is 1.95. The largest absolute Gasteiger partial charge is 0.300 e. The fourth-order valence-corrected chi connectivity index (χ4v) is 3.07. The van der Waals surface area contributed by atoms with E-state index < -0.39 is 0 Å². The van der Waals surface area contributed by atoms with Gasteiger partial charge < -0.3 is 0 Å². The molecule has 0 spiro atoms. The molecule has 0 bridgehead atoms. The molecule has 1 heteroatoms. The minimum Gasteiger partial charge on any atom is -0.300 e. The molecule has 3 atom stereocenters. The molecule has 0 N–H and O–H groups in total. The summed E-state index contributed by atoms with van der Waals surface area (Å²) >= 11 is 0. The Morgan fingerprint density at radius 2 is 1.71 bits per heavy atom. The lowest BCUT2D eigenvalue weighted by Crippen LogP contribution is -2.30. The quantitative estimate of drug-likeness (QED) is 0.713. The molecule has 0 saturated heterocycles. The lowest BCUT2D eigenvalue weighted by atomic mass is 9.67. The van der Waals surface area contributed by atoms with Crippen LogP contribution >= 0.6 is 0 Å². The van der Waals surface area contributed by atoms with E-state index in [0.717, 1.165) is 6.42 Å². The zero-order valence-electron chi connectivity index (χ0n) is 9.75. The summed E-state index contributed by atoms with van der Waals surface area (Å²) in [4.78, 5) is 11.8. The minimum absolute atomic E-state index is 0.364. The first-order chi connectivity index (χ1) is 8.34. The molecule has 3 rings (SSSR count). The fraction of sp³-hybridized carbons (Fsp3) is 0.312. The fourth-order valence-electron chi connectivity index (χ4n) is 3.07. The maximum atomic E-state index is 11.8. The van der Waals surface area contributed by atoms with Crippen molar-refractivity contribution in [2.75, 3.05) is 0 Å². The van der Waals surface area contributed by atoms with Gasteiger partial charge in [0.05, 0.1) is 0 Å². The van der Waals surface area contributed by atoms with Gasteiger partial charge in [-0.25, -0.2) is 0 Å². The van der Waals surface area contributed by atoms with E-state index >= 15 is 0 Å². The van der Waals surface area contributed by atoms with Crippen LogP contribution in [0.15, 0.2) is 54.6 Å². The van der Waals surface area contributed by atoms with E-state index in [0.29, 0.717) is 30.0 Å². The summed E-state index contributed by atoms with van der Waals surface area (Å²) in [6.45, 7) is 0. The summed E-state index contributed by atoms with van der Waals surface area (Å²) in [6, 6.07) is 10.4. The number of hydrogen-bond acceptors (Lipinski definition) is 1. The highest BCUT2D eigenvalue weighted by molar-refractivity contribution is 5.81. The summed E-state index contributed by atoms with van der Waals surface area (Å²) < 4.78 is 0. The lowest BCUT2D eigenvalue weighted by Gasteiger charge is -2.36. The zero-order chi connectivity index (χ0) is 11.7. The van der Waals surface area contributed by atoms with Crippen LogP contribution in [0.3, 0.4) is 0 Å². The van der Waals surface area contributed by atoms with Gasteiger partial charge in [-0.1, -0.05) is 54.6 Å². The summed E-state index contributed by atoms with van der Waals surface area (Å²) in [5, 5.41) is 0. The van der Waals surface area contributed by atoms with Crippen molar-refractivity contribution in [3.8, 4) is 0 Å². The van der Waals surface area contributed by atoms with Crippen LogP contribution in [-0.2, 0) is 4.79 Å². The van der Waals surface area contributed by atoms with Gasteiger partial charge in [0.1, 0.15) is 5.78 Å². The summed E-state index contributed by atoms with van der Waals surface area (Å²) in [7, 11) is 0. The normalized spacial score (nSPS) is 31.3. The van der Waals surface area contributed by atoms with Crippen molar-refractivity contribution in [2.45, 2.75) is 18.8 Å². The van der Waals surface area contributed by atoms with E-state index in [4.69, 9.17) is 0 Å². The van der Waals surface area contributed by atoms with Crippen LogP contribution in [0.25, 0.3) is 0 Å². The molecule has 0 radical (unpaired) electrons. The molecule has 0 aliphatic heterocycles. The Hall–Kier alpha value is -1.63. The van der Waals surface area contributed by atoms with Crippen LogP contribution in [0.2, 0.25) is 0 Å². The smallest absolute Gasteiger partial charge is 0.134 e. The third-order valence-corrected chi connectivity index (χ3v) is 3.90. The topological polar surface area (TPSA) is 17.1 Å². The van der Waals surface area contributed by atoms with E-state index in [9.17, 15) is 4.79 Å². The Kier molecular flexibility index (Phi) is 2.68. The summed E-state index contributed by atoms with van der Waals surface area (Å²) in [5.74, 6) is 1.68. The Morgan fingerprint density at radius 1 is 0.941 bits per heavy atom. The molecule has 0 heterocycles. The van der Waals surface area contributed by atoms with Crippen molar-refractivity contribution < 1.29 is 4.79 Å². The first-order valence-corrected chi connectivity index (χ1v) is 6.26. The molecule has 2 aliphatic rings. The van der Waals surface area contributed by atoms with Crippen molar-refractivity contribution in [1.82, 2.24) is 0 Å². The van der Waals surface area contributed by atoms with Crippen LogP contribution in [0.1, 0.15) is 24.3 Å². The number of ketones is 1. The molecule has 1 aromatic carbocycles. The molecule has 1 aromatic rings. The molecule has 3 unspecified atom stereocenters. The van der Waals surface area contributed by atoms with Gasteiger partial charge in [-0.15, -0.1) is 0 Å². The highest BCUT2D eigenvalue weighted by Gasteiger charge is 2.35. The van der Waals surface area contributed by atoms with Crippen molar-refractivity contribution >= 4 is 5.78 Å². The second kappa shape index (κ2) is 4.33. The number of hydrogen-bond donors (Lipinski definition) is 0. The number of carbonyl (C=O) groups is 1. The Morgan fingerprint density at radius 3 is 2.53 bits per heavy atom. The van der Waals surface area contributed by atoms with Gasteiger partial charge in [0, 0.05) is 12.8 Å². The predicted octanol–water partition coefficient (Wildman–Crippen LogP) is 3.49. The van der Waals surface area contributed by atoms with E-state index in [1.807, 2.05) is 6.07 Å². The highest BCUT2D eigenvalue weighted by atomic mass is 16.1. The molecule has 17 heavy (non-hydrogen) atoms. The molecule has 1 fully saturated rings. The van der Waals surface area contributed by atoms with Crippen LogP contribution in [0.5, 0.6) is 0 Å². The molecule has 0 amide bonds. The Bertz CT molecular complexity index is 470. The molecule has 0 aromatic heterocycles. The van der Waals surface area contributed by atoms with Crippen molar-refractivity contribution in [3.63, 3.8) is 0 Å². The summed E-state index contributed by atoms with van der Waals surface area (Å²) in [6.07, 6.45) is 10.1. The second-order valence-corrected chi connectivity index (χ2v) is 4.98. The van der Waals surface area contributed by atoms with Crippen LogP contribution in [0, 0.1) is 11.8 Å². The van der Waals surface area contributed by atoms with Gasteiger partial charge >= 0.3 is 0 Å².